The van der Waals surface area contributed by atoms with Crippen molar-refractivity contribution >= 4 is 58.5 Å². The molecule has 0 heterocycles. The molecule has 10 nitrogen and oxygen atoms in total. The number of ether oxygens (including phenoxy) is 2. The van der Waals surface area contributed by atoms with E-state index in [4.69, 9.17) is 9.47 Å². The number of carbonyl (C=O) groups is 4. The third-order valence-corrected chi connectivity index (χ3v) is 7.25. The molecule has 4 rings (SSSR count). The van der Waals surface area contributed by atoms with Crippen molar-refractivity contribution < 1.29 is 28.7 Å². The van der Waals surface area contributed by atoms with E-state index < -0.39 is 11.8 Å². The molecule has 0 spiro atoms. The Morgan fingerprint density at radius 2 is 1.36 bits per heavy atom. The lowest BCUT2D eigenvalue weighted by Gasteiger charge is -2.13. The molecule has 0 fully saturated rings. The van der Waals surface area contributed by atoms with Crippen molar-refractivity contribution in [1.29, 1.82) is 0 Å². The lowest BCUT2D eigenvalue weighted by Crippen LogP contribution is -2.30. The quantitative estimate of drug-likeness (QED) is 0.116. The molecule has 0 unspecified atom stereocenters. The molecule has 0 saturated heterocycles. The molecule has 4 amide bonds. The largest absolute Gasteiger partial charge is 0.497 e. The Morgan fingerprint density at radius 1 is 0.733 bits per heavy atom. The van der Waals surface area contributed by atoms with Crippen molar-refractivity contribution in [3.05, 3.63) is 114 Å². The van der Waals surface area contributed by atoms with Gasteiger partial charge in [0.05, 0.1) is 20.0 Å². The minimum atomic E-state index is -0.540. The molecule has 0 aliphatic rings. The molecule has 0 aliphatic carbocycles. The minimum Gasteiger partial charge on any atom is -0.497 e. The monoisotopic (exact) mass is 624 g/mol. The van der Waals surface area contributed by atoms with Crippen LogP contribution in [0.1, 0.15) is 22.8 Å². The maximum atomic E-state index is 13.4. The number of thioether (sulfide) groups is 1. The molecule has 0 aliphatic heterocycles. The van der Waals surface area contributed by atoms with E-state index in [2.05, 4.69) is 21.3 Å². The molecule has 4 aromatic rings. The smallest absolute Gasteiger partial charge is 0.272 e. The predicted octanol–water partition coefficient (Wildman–Crippen LogP) is 5.80. The Bertz CT molecular complexity index is 1690. The number of hydrogen-bond donors (Lipinski definition) is 4. The Labute approximate surface area is 265 Å². The lowest BCUT2D eigenvalue weighted by atomic mass is 10.1. The Balaban J connectivity index is 1.41. The second-order valence-electron chi connectivity index (χ2n) is 9.56. The number of amides is 4. The van der Waals surface area contributed by atoms with Crippen LogP contribution in [0.25, 0.3) is 6.08 Å². The van der Waals surface area contributed by atoms with Gasteiger partial charge in [0.1, 0.15) is 17.2 Å². The number of anilines is 3. The van der Waals surface area contributed by atoms with Crippen LogP contribution in [0.15, 0.2) is 108 Å². The molecule has 0 atom stereocenters. The average molecular weight is 625 g/mol. The van der Waals surface area contributed by atoms with Gasteiger partial charge in [-0.25, -0.2) is 0 Å². The normalized spacial score (nSPS) is 10.8. The van der Waals surface area contributed by atoms with Crippen molar-refractivity contribution in [2.75, 3.05) is 35.9 Å². The summed E-state index contributed by atoms with van der Waals surface area (Å²) in [7, 11) is 3.04. The average Bonchev–Trinajstić information content (AvgIpc) is 3.05. The van der Waals surface area contributed by atoms with Gasteiger partial charge in [0.25, 0.3) is 11.8 Å². The number of benzene rings is 4. The van der Waals surface area contributed by atoms with E-state index in [1.54, 1.807) is 104 Å². The second kappa shape index (κ2) is 15.8. The van der Waals surface area contributed by atoms with E-state index in [-0.39, 0.29) is 23.3 Å². The SMILES string of the molecule is COc1ccc(/C=C(\NC(=O)c2ccccc2)C(=O)Nc2ccc(SCC(=O)Nc3ccc(NC(C)=O)cc3)cc2)c(OC)c1. The van der Waals surface area contributed by atoms with Gasteiger partial charge in [-0.05, 0) is 78.9 Å². The van der Waals surface area contributed by atoms with Crippen LogP contribution in [0, 0.1) is 0 Å². The van der Waals surface area contributed by atoms with Crippen LogP contribution >= 0.6 is 11.8 Å². The molecular formula is C34H32N4O6S. The molecule has 230 valence electrons. The summed E-state index contributed by atoms with van der Waals surface area (Å²) >= 11 is 1.33. The van der Waals surface area contributed by atoms with E-state index in [9.17, 15) is 19.2 Å². The zero-order valence-electron chi connectivity index (χ0n) is 24.9. The Kier molecular flexibility index (Phi) is 11.4. The Morgan fingerprint density at radius 3 is 1.98 bits per heavy atom. The van der Waals surface area contributed by atoms with E-state index in [1.165, 1.54) is 31.9 Å². The summed E-state index contributed by atoms with van der Waals surface area (Å²) < 4.78 is 10.7. The first-order valence-electron chi connectivity index (χ1n) is 13.8. The first-order chi connectivity index (χ1) is 21.7. The van der Waals surface area contributed by atoms with E-state index in [0.717, 1.165) is 4.90 Å². The van der Waals surface area contributed by atoms with E-state index >= 15 is 0 Å². The highest BCUT2D eigenvalue weighted by Gasteiger charge is 2.17. The van der Waals surface area contributed by atoms with Gasteiger partial charge in [0.2, 0.25) is 11.8 Å². The third-order valence-electron chi connectivity index (χ3n) is 6.24. The van der Waals surface area contributed by atoms with Gasteiger partial charge in [-0.2, -0.15) is 0 Å². The van der Waals surface area contributed by atoms with E-state index in [0.29, 0.717) is 39.7 Å². The number of methoxy groups -OCH3 is 2. The predicted molar refractivity (Wildman–Crippen MR) is 177 cm³/mol. The van der Waals surface area contributed by atoms with Crippen molar-refractivity contribution in [2.24, 2.45) is 0 Å². The summed E-state index contributed by atoms with van der Waals surface area (Å²) in [5, 5.41) is 11.0. The fourth-order valence-corrected chi connectivity index (χ4v) is 4.75. The summed E-state index contributed by atoms with van der Waals surface area (Å²) in [6.07, 6.45) is 1.53. The second-order valence-corrected chi connectivity index (χ2v) is 10.6. The molecule has 45 heavy (non-hydrogen) atoms. The fraction of sp³-hybridized carbons (Fsp3) is 0.118. The molecule has 0 bridgehead atoms. The molecule has 0 saturated carbocycles. The van der Waals surface area contributed by atoms with Crippen molar-refractivity contribution in [3.8, 4) is 11.5 Å². The number of carbonyl (C=O) groups excluding carboxylic acids is 4. The summed E-state index contributed by atoms with van der Waals surface area (Å²) in [4.78, 5) is 50.8. The fourth-order valence-electron chi connectivity index (χ4n) is 4.05. The van der Waals surface area contributed by atoms with Crippen LogP contribution in [-0.2, 0) is 14.4 Å². The zero-order chi connectivity index (χ0) is 32.2. The molecular weight excluding hydrogens is 592 g/mol. The minimum absolute atomic E-state index is 0.00699. The molecule has 0 radical (unpaired) electrons. The topological polar surface area (TPSA) is 135 Å². The van der Waals surface area contributed by atoms with Crippen LogP contribution in [0.5, 0.6) is 11.5 Å². The summed E-state index contributed by atoms with van der Waals surface area (Å²) in [6, 6.07) is 27.5. The van der Waals surface area contributed by atoms with Gasteiger partial charge < -0.3 is 30.7 Å². The van der Waals surface area contributed by atoms with Crippen LogP contribution in [0.2, 0.25) is 0 Å². The summed E-state index contributed by atoms with van der Waals surface area (Å²) in [5.41, 5.74) is 2.71. The Hall–Kier alpha value is -5.55. The maximum absolute atomic E-state index is 13.4. The van der Waals surface area contributed by atoms with Gasteiger partial charge in [0.15, 0.2) is 0 Å². The van der Waals surface area contributed by atoms with Gasteiger partial charge in [-0.15, -0.1) is 11.8 Å². The first kappa shape index (κ1) is 32.4. The van der Waals surface area contributed by atoms with Gasteiger partial charge in [0, 0.05) is 46.1 Å². The highest BCUT2D eigenvalue weighted by Crippen LogP contribution is 2.27. The highest BCUT2D eigenvalue weighted by molar-refractivity contribution is 8.00. The summed E-state index contributed by atoms with van der Waals surface area (Å²) in [5.74, 6) is -0.143. The zero-order valence-corrected chi connectivity index (χ0v) is 25.7. The van der Waals surface area contributed by atoms with E-state index in [1.807, 2.05) is 0 Å². The molecule has 11 heteroatoms. The van der Waals surface area contributed by atoms with Gasteiger partial charge in [-0.1, -0.05) is 18.2 Å². The maximum Gasteiger partial charge on any atom is 0.272 e. The number of hydrogen-bond acceptors (Lipinski definition) is 7. The van der Waals surface area contributed by atoms with Crippen LogP contribution in [0.4, 0.5) is 17.1 Å². The van der Waals surface area contributed by atoms with Gasteiger partial charge >= 0.3 is 0 Å². The molecule has 4 aromatic carbocycles. The van der Waals surface area contributed by atoms with Crippen LogP contribution in [0.3, 0.4) is 0 Å². The molecule has 4 N–H and O–H groups in total. The lowest BCUT2D eigenvalue weighted by molar-refractivity contribution is -0.114. The number of nitrogens with one attached hydrogen (secondary N) is 4. The molecule has 0 aromatic heterocycles. The van der Waals surface area contributed by atoms with Gasteiger partial charge in [-0.3, -0.25) is 19.2 Å². The van der Waals surface area contributed by atoms with Crippen LogP contribution in [-0.4, -0.2) is 43.6 Å². The summed E-state index contributed by atoms with van der Waals surface area (Å²) in [6.45, 7) is 1.43. The first-order valence-corrected chi connectivity index (χ1v) is 14.7. The van der Waals surface area contributed by atoms with Crippen molar-refractivity contribution in [1.82, 2.24) is 5.32 Å². The third kappa shape index (κ3) is 9.73. The van der Waals surface area contributed by atoms with Crippen LogP contribution < -0.4 is 30.7 Å². The number of rotatable bonds is 12. The highest BCUT2D eigenvalue weighted by atomic mass is 32.2. The van der Waals surface area contributed by atoms with Crippen molar-refractivity contribution in [3.63, 3.8) is 0 Å². The van der Waals surface area contributed by atoms with Crippen molar-refractivity contribution in [2.45, 2.75) is 11.8 Å². The standard InChI is InChI=1S/C34H32N4O6S/c1-22(39)35-25-10-12-26(13-11-25)36-32(40)21-45-29-17-14-27(15-18-29)37-34(42)30(38-33(41)23-7-5-4-6-8-23)19-24-9-16-28(43-2)20-31(24)44-3/h4-20H,21H2,1-3H3,(H,35,39)(H,36,40)(H,37,42)(H,38,41)/b30-19-.